The SMILES string of the molecule is O=[N+]([O-])c1nc(-c2ccccc2)ccc1OCc1ccccc1. The van der Waals surface area contributed by atoms with Crippen LogP contribution in [0.5, 0.6) is 5.75 Å². The van der Waals surface area contributed by atoms with E-state index in [1.165, 1.54) is 0 Å². The first-order valence-corrected chi connectivity index (χ1v) is 7.11. The number of nitro groups is 1. The Morgan fingerprint density at radius 1 is 0.913 bits per heavy atom. The molecule has 0 spiro atoms. The molecule has 0 bridgehead atoms. The predicted molar refractivity (Wildman–Crippen MR) is 87.1 cm³/mol. The molecule has 0 unspecified atom stereocenters. The van der Waals surface area contributed by atoms with Crippen LogP contribution in [0.15, 0.2) is 72.8 Å². The van der Waals surface area contributed by atoms with Crippen LogP contribution in [-0.2, 0) is 6.61 Å². The van der Waals surface area contributed by atoms with Crippen LogP contribution in [0.25, 0.3) is 11.3 Å². The van der Waals surface area contributed by atoms with Gasteiger partial charge in [-0.25, -0.2) is 0 Å². The number of pyridine rings is 1. The summed E-state index contributed by atoms with van der Waals surface area (Å²) in [5, 5.41) is 11.3. The first-order chi connectivity index (χ1) is 11.2. The van der Waals surface area contributed by atoms with Gasteiger partial charge >= 0.3 is 5.82 Å². The maximum atomic E-state index is 11.3. The van der Waals surface area contributed by atoms with E-state index in [4.69, 9.17) is 4.74 Å². The maximum absolute atomic E-state index is 11.3. The Hall–Kier alpha value is -3.21. The van der Waals surface area contributed by atoms with Crippen molar-refractivity contribution in [1.82, 2.24) is 4.98 Å². The standard InChI is InChI=1S/C18H14N2O3/c21-20(22)18-17(23-13-14-7-3-1-4-8-14)12-11-16(19-18)15-9-5-2-6-10-15/h1-12H,13H2. The summed E-state index contributed by atoms with van der Waals surface area (Å²) >= 11 is 0. The van der Waals surface area contributed by atoms with Gasteiger partial charge in [0.05, 0.1) is 0 Å². The molecule has 1 aromatic heterocycles. The van der Waals surface area contributed by atoms with E-state index in [9.17, 15) is 10.1 Å². The number of benzene rings is 2. The van der Waals surface area contributed by atoms with Gasteiger partial charge in [-0.2, -0.15) is 0 Å². The molecule has 0 aliphatic heterocycles. The fraction of sp³-hybridized carbons (Fsp3) is 0.0556. The molecule has 5 nitrogen and oxygen atoms in total. The summed E-state index contributed by atoms with van der Waals surface area (Å²) in [6.45, 7) is 0.258. The molecular formula is C18H14N2O3. The minimum Gasteiger partial charge on any atom is -0.481 e. The van der Waals surface area contributed by atoms with Gasteiger partial charge in [0.2, 0.25) is 5.75 Å². The highest BCUT2D eigenvalue weighted by Crippen LogP contribution is 2.29. The third kappa shape index (κ3) is 3.52. The highest BCUT2D eigenvalue weighted by atomic mass is 16.6. The van der Waals surface area contributed by atoms with Crippen molar-refractivity contribution in [2.45, 2.75) is 6.61 Å². The van der Waals surface area contributed by atoms with Crippen LogP contribution in [0.1, 0.15) is 5.56 Å². The van der Waals surface area contributed by atoms with Crippen LogP contribution in [0, 0.1) is 10.1 Å². The average Bonchev–Trinajstić information content (AvgIpc) is 2.61. The summed E-state index contributed by atoms with van der Waals surface area (Å²) in [5.74, 6) is -0.110. The van der Waals surface area contributed by atoms with Gasteiger partial charge in [-0.1, -0.05) is 60.7 Å². The Labute approximate surface area is 133 Å². The van der Waals surface area contributed by atoms with Gasteiger partial charge in [-0.15, -0.1) is 0 Å². The van der Waals surface area contributed by atoms with E-state index in [1.807, 2.05) is 60.7 Å². The Bertz CT molecular complexity index is 805. The van der Waals surface area contributed by atoms with Crippen molar-refractivity contribution in [1.29, 1.82) is 0 Å². The lowest BCUT2D eigenvalue weighted by Gasteiger charge is -2.07. The summed E-state index contributed by atoms with van der Waals surface area (Å²) in [5.41, 5.74) is 2.31. The topological polar surface area (TPSA) is 65.3 Å². The molecule has 23 heavy (non-hydrogen) atoms. The van der Waals surface area contributed by atoms with Gasteiger partial charge in [0.15, 0.2) is 5.69 Å². The number of ether oxygens (including phenoxy) is 1. The second-order valence-electron chi connectivity index (χ2n) is 4.92. The molecule has 0 saturated heterocycles. The van der Waals surface area contributed by atoms with E-state index < -0.39 is 4.92 Å². The zero-order valence-electron chi connectivity index (χ0n) is 12.3. The van der Waals surface area contributed by atoms with Crippen molar-refractivity contribution in [3.05, 3.63) is 88.5 Å². The largest absolute Gasteiger partial charge is 0.481 e. The number of hydrogen-bond donors (Lipinski definition) is 0. The number of nitrogens with zero attached hydrogens (tertiary/aromatic N) is 2. The van der Waals surface area contributed by atoms with E-state index in [0.29, 0.717) is 5.69 Å². The summed E-state index contributed by atoms with van der Waals surface area (Å²) in [6.07, 6.45) is 0. The van der Waals surface area contributed by atoms with Crippen molar-refractivity contribution >= 4 is 5.82 Å². The van der Waals surface area contributed by atoms with Crippen molar-refractivity contribution in [3.8, 4) is 17.0 Å². The highest BCUT2D eigenvalue weighted by molar-refractivity contribution is 5.62. The first kappa shape index (κ1) is 14.7. The summed E-state index contributed by atoms with van der Waals surface area (Å²) < 4.78 is 5.57. The summed E-state index contributed by atoms with van der Waals surface area (Å²) in [4.78, 5) is 14.9. The van der Waals surface area contributed by atoms with E-state index in [0.717, 1.165) is 11.1 Å². The van der Waals surface area contributed by atoms with Gasteiger partial charge in [-0.3, -0.25) is 0 Å². The molecule has 0 fully saturated rings. The molecule has 3 aromatic rings. The minimum absolute atomic E-state index is 0.165. The third-order valence-corrected chi connectivity index (χ3v) is 3.32. The monoisotopic (exact) mass is 306 g/mol. The normalized spacial score (nSPS) is 10.3. The molecule has 114 valence electrons. The predicted octanol–water partition coefficient (Wildman–Crippen LogP) is 4.24. The summed E-state index contributed by atoms with van der Waals surface area (Å²) in [7, 11) is 0. The maximum Gasteiger partial charge on any atom is 0.406 e. The van der Waals surface area contributed by atoms with Crippen LogP contribution in [-0.4, -0.2) is 9.91 Å². The van der Waals surface area contributed by atoms with Crippen LogP contribution >= 0.6 is 0 Å². The quantitative estimate of drug-likeness (QED) is 0.522. The molecule has 0 aliphatic carbocycles. The van der Waals surface area contributed by atoms with Gasteiger partial charge in [0.1, 0.15) is 6.61 Å². The van der Waals surface area contributed by atoms with Crippen LogP contribution in [0.3, 0.4) is 0 Å². The zero-order valence-corrected chi connectivity index (χ0v) is 12.3. The third-order valence-electron chi connectivity index (χ3n) is 3.32. The van der Waals surface area contributed by atoms with Crippen molar-refractivity contribution in [3.63, 3.8) is 0 Å². The minimum atomic E-state index is -0.521. The van der Waals surface area contributed by atoms with E-state index in [2.05, 4.69) is 4.98 Å². The van der Waals surface area contributed by atoms with Crippen molar-refractivity contribution in [2.75, 3.05) is 0 Å². The second kappa shape index (κ2) is 6.70. The molecule has 0 radical (unpaired) electrons. The molecule has 0 N–H and O–H groups in total. The van der Waals surface area contributed by atoms with Crippen LogP contribution < -0.4 is 4.74 Å². The fourth-order valence-electron chi connectivity index (χ4n) is 2.18. The molecule has 2 aromatic carbocycles. The zero-order chi connectivity index (χ0) is 16.1. The molecule has 0 saturated carbocycles. The lowest BCUT2D eigenvalue weighted by molar-refractivity contribution is -0.390. The van der Waals surface area contributed by atoms with Crippen molar-refractivity contribution < 1.29 is 9.66 Å². The van der Waals surface area contributed by atoms with Crippen LogP contribution in [0.2, 0.25) is 0 Å². The molecule has 5 heteroatoms. The second-order valence-corrected chi connectivity index (χ2v) is 4.92. The molecule has 1 heterocycles. The van der Waals surface area contributed by atoms with Gasteiger partial charge in [0.25, 0.3) is 0 Å². The van der Waals surface area contributed by atoms with E-state index in [-0.39, 0.29) is 18.2 Å². The fourth-order valence-corrected chi connectivity index (χ4v) is 2.18. The Balaban J connectivity index is 1.87. The molecule has 0 amide bonds. The van der Waals surface area contributed by atoms with E-state index in [1.54, 1.807) is 12.1 Å². The lowest BCUT2D eigenvalue weighted by Crippen LogP contribution is -2.01. The van der Waals surface area contributed by atoms with Crippen LogP contribution in [0.4, 0.5) is 5.82 Å². The lowest BCUT2D eigenvalue weighted by atomic mass is 10.1. The smallest absolute Gasteiger partial charge is 0.406 e. The van der Waals surface area contributed by atoms with E-state index >= 15 is 0 Å². The Kier molecular flexibility index (Phi) is 4.29. The molecule has 3 rings (SSSR count). The summed E-state index contributed by atoms with van der Waals surface area (Å²) in [6, 6.07) is 22.1. The van der Waals surface area contributed by atoms with Gasteiger partial charge in [0, 0.05) is 5.56 Å². The first-order valence-electron chi connectivity index (χ1n) is 7.11. The molecule has 0 atom stereocenters. The molecular weight excluding hydrogens is 292 g/mol. The number of rotatable bonds is 5. The Morgan fingerprint density at radius 3 is 2.22 bits per heavy atom. The van der Waals surface area contributed by atoms with Gasteiger partial charge < -0.3 is 14.9 Å². The highest BCUT2D eigenvalue weighted by Gasteiger charge is 2.19. The Morgan fingerprint density at radius 2 is 1.57 bits per heavy atom. The average molecular weight is 306 g/mol. The molecule has 0 aliphatic rings. The number of hydrogen-bond acceptors (Lipinski definition) is 4. The number of aromatic nitrogens is 1. The van der Waals surface area contributed by atoms with Crippen molar-refractivity contribution in [2.24, 2.45) is 0 Å². The van der Waals surface area contributed by atoms with Gasteiger partial charge in [-0.05, 0) is 27.6 Å².